The van der Waals surface area contributed by atoms with E-state index < -0.39 is 17.6 Å². The first kappa shape index (κ1) is 40.6. The summed E-state index contributed by atoms with van der Waals surface area (Å²) in [5.41, 5.74) is 16.3. The normalized spacial score (nSPS) is 11.9. The van der Waals surface area contributed by atoms with Crippen LogP contribution >= 0.6 is 46.4 Å². The second kappa shape index (κ2) is 16.8. The Hall–Kier alpha value is -5.59. The first-order valence-corrected chi connectivity index (χ1v) is 17.4. The van der Waals surface area contributed by atoms with Gasteiger partial charge in [0.1, 0.15) is 11.5 Å². The molecular weight excluding hydrogens is 799 g/mol. The Balaban J connectivity index is 0.000000212. The number of amidine groups is 2. The van der Waals surface area contributed by atoms with Gasteiger partial charge in [0.2, 0.25) is 0 Å². The van der Waals surface area contributed by atoms with Crippen molar-refractivity contribution in [2.75, 3.05) is 0 Å². The van der Waals surface area contributed by atoms with Crippen LogP contribution in [0.2, 0.25) is 20.1 Å². The maximum absolute atomic E-state index is 13.5. The molecule has 0 radical (unpaired) electrons. The van der Waals surface area contributed by atoms with Crippen LogP contribution in [0.1, 0.15) is 22.3 Å². The van der Waals surface area contributed by atoms with Gasteiger partial charge < -0.3 is 32.1 Å². The van der Waals surface area contributed by atoms with E-state index in [-0.39, 0.29) is 44.1 Å². The number of aryl methyl sites for hydroxylation is 1. The summed E-state index contributed by atoms with van der Waals surface area (Å²) in [6, 6.07) is 27.7. The first-order valence-electron chi connectivity index (χ1n) is 15.9. The van der Waals surface area contributed by atoms with Crippen molar-refractivity contribution in [3.63, 3.8) is 0 Å². The summed E-state index contributed by atoms with van der Waals surface area (Å²) in [7, 11) is 0. The zero-order valence-corrected chi connectivity index (χ0v) is 31.4. The summed E-state index contributed by atoms with van der Waals surface area (Å²) < 4.78 is 40.6. The standard InChI is InChI=1S/C20H13Cl2F3N2O2.C20H16Cl2N2O2/c21-13-5-11(6-14(22)9-13)18-16(10-1-3-15(28)4-2-10)7-12(20(23,24)25)8-17(18)19(26)27-29;1-11-6-17(12-2-4-16(25)5-3-12)19(18(7-11)20(23)24-26)13-8-14(21)10-15(22)9-13/h1-9,28-29H,(H2,26,27);2-10,25-26H,1H3,(H2,23,24). The van der Waals surface area contributed by atoms with Gasteiger partial charge in [-0.1, -0.05) is 87.0 Å². The Labute approximate surface area is 332 Å². The molecule has 282 valence electrons. The average Bonchev–Trinajstić information content (AvgIpc) is 3.13. The molecule has 6 rings (SSSR count). The molecule has 0 aliphatic rings. The number of phenolic OH excluding ortho intramolecular Hbond substituents is 2. The number of nitrogens with zero attached hydrogens (tertiary/aromatic N) is 2. The van der Waals surface area contributed by atoms with Gasteiger partial charge in [0.25, 0.3) is 0 Å². The minimum Gasteiger partial charge on any atom is -0.508 e. The number of oxime groups is 2. The van der Waals surface area contributed by atoms with Crippen molar-refractivity contribution >= 4 is 58.1 Å². The van der Waals surface area contributed by atoms with Gasteiger partial charge >= 0.3 is 6.18 Å². The zero-order valence-electron chi connectivity index (χ0n) is 28.4. The molecule has 0 aliphatic heterocycles. The molecule has 8 nitrogen and oxygen atoms in total. The number of rotatable bonds is 6. The molecule has 0 heterocycles. The molecule has 15 heteroatoms. The van der Waals surface area contributed by atoms with Crippen molar-refractivity contribution in [1.29, 1.82) is 0 Å². The highest BCUT2D eigenvalue weighted by Gasteiger charge is 2.33. The van der Waals surface area contributed by atoms with Crippen LogP contribution in [-0.2, 0) is 6.18 Å². The molecule has 6 aromatic rings. The molecule has 0 aromatic heterocycles. The maximum atomic E-state index is 13.5. The molecule has 0 bridgehead atoms. The largest absolute Gasteiger partial charge is 0.508 e. The summed E-state index contributed by atoms with van der Waals surface area (Å²) in [5.74, 6) is -0.405. The number of nitrogens with two attached hydrogens (primary N) is 2. The van der Waals surface area contributed by atoms with Crippen molar-refractivity contribution in [1.82, 2.24) is 0 Å². The Morgan fingerprint density at radius 3 is 1.25 bits per heavy atom. The topological polar surface area (TPSA) is 158 Å². The number of benzene rings is 6. The van der Waals surface area contributed by atoms with E-state index in [2.05, 4.69) is 10.3 Å². The lowest BCUT2D eigenvalue weighted by Crippen LogP contribution is -2.17. The number of alkyl halides is 3. The maximum Gasteiger partial charge on any atom is 0.416 e. The quantitative estimate of drug-likeness (QED) is 0.0425. The summed E-state index contributed by atoms with van der Waals surface area (Å²) in [5, 5.41) is 45.1. The van der Waals surface area contributed by atoms with E-state index in [0.717, 1.165) is 39.9 Å². The van der Waals surface area contributed by atoms with Gasteiger partial charge in [-0.2, -0.15) is 13.2 Å². The van der Waals surface area contributed by atoms with Crippen LogP contribution in [0.15, 0.2) is 120 Å². The highest BCUT2D eigenvalue weighted by Crippen LogP contribution is 2.43. The van der Waals surface area contributed by atoms with Crippen molar-refractivity contribution in [2.24, 2.45) is 21.8 Å². The summed E-state index contributed by atoms with van der Waals surface area (Å²) >= 11 is 24.5. The fourth-order valence-electron chi connectivity index (χ4n) is 5.86. The molecular formula is C40H29Cl4F3N4O4. The first-order chi connectivity index (χ1) is 26.0. The van der Waals surface area contributed by atoms with E-state index in [1.54, 1.807) is 42.5 Å². The van der Waals surface area contributed by atoms with Crippen molar-refractivity contribution in [2.45, 2.75) is 13.1 Å². The molecule has 0 aliphatic carbocycles. The third kappa shape index (κ3) is 9.56. The molecule has 0 fully saturated rings. The van der Waals surface area contributed by atoms with Crippen LogP contribution in [-0.4, -0.2) is 32.3 Å². The van der Waals surface area contributed by atoms with Crippen LogP contribution < -0.4 is 11.5 Å². The third-order valence-electron chi connectivity index (χ3n) is 8.17. The number of hydrogen-bond donors (Lipinski definition) is 6. The predicted molar refractivity (Wildman–Crippen MR) is 213 cm³/mol. The van der Waals surface area contributed by atoms with Gasteiger partial charge in [-0.05, 0) is 125 Å². The monoisotopic (exact) mass is 826 g/mol. The van der Waals surface area contributed by atoms with E-state index >= 15 is 0 Å². The highest BCUT2D eigenvalue weighted by molar-refractivity contribution is 6.36. The van der Waals surface area contributed by atoms with E-state index in [0.29, 0.717) is 26.7 Å². The minimum absolute atomic E-state index is 0.0140. The summed E-state index contributed by atoms with van der Waals surface area (Å²) in [6.07, 6.45) is -4.68. The smallest absolute Gasteiger partial charge is 0.416 e. The van der Waals surface area contributed by atoms with Crippen LogP contribution in [0.25, 0.3) is 44.5 Å². The van der Waals surface area contributed by atoms with Crippen LogP contribution in [0.5, 0.6) is 11.5 Å². The van der Waals surface area contributed by atoms with Gasteiger partial charge in [0.15, 0.2) is 11.7 Å². The molecule has 0 unspecified atom stereocenters. The predicted octanol–water partition coefficient (Wildman–Crippen LogP) is 11.6. The number of aromatic hydroxyl groups is 2. The number of phenols is 2. The molecule has 0 spiro atoms. The summed E-state index contributed by atoms with van der Waals surface area (Å²) in [4.78, 5) is 0. The van der Waals surface area contributed by atoms with Gasteiger partial charge in [-0.25, -0.2) is 0 Å². The number of halogens is 7. The molecule has 6 aromatic carbocycles. The zero-order chi connectivity index (χ0) is 40.2. The third-order valence-corrected chi connectivity index (χ3v) is 9.05. The second-order valence-corrected chi connectivity index (χ2v) is 13.8. The molecule has 0 saturated heterocycles. The average molecular weight is 829 g/mol. The second-order valence-electron chi connectivity index (χ2n) is 12.1. The minimum atomic E-state index is -4.68. The van der Waals surface area contributed by atoms with Crippen LogP contribution in [0.4, 0.5) is 13.2 Å². The number of hydrogen-bond acceptors (Lipinski definition) is 6. The van der Waals surface area contributed by atoms with E-state index in [4.69, 9.17) is 63.1 Å². The Bertz CT molecular complexity index is 2400. The lowest BCUT2D eigenvalue weighted by Gasteiger charge is -2.19. The Kier molecular flexibility index (Phi) is 12.4. The summed E-state index contributed by atoms with van der Waals surface area (Å²) in [6.45, 7) is 1.92. The fourth-order valence-corrected chi connectivity index (χ4v) is 6.91. The van der Waals surface area contributed by atoms with E-state index in [1.807, 2.05) is 19.1 Å². The fraction of sp³-hybridized carbons (Fsp3) is 0.0500. The van der Waals surface area contributed by atoms with Crippen LogP contribution in [0.3, 0.4) is 0 Å². The lowest BCUT2D eigenvalue weighted by atomic mass is 9.88. The lowest BCUT2D eigenvalue weighted by molar-refractivity contribution is -0.137. The van der Waals surface area contributed by atoms with E-state index in [9.17, 15) is 28.6 Å². The molecule has 0 amide bonds. The highest BCUT2D eigenvalue weighted by atomic mass is 35.5. The van der Waals surface area contributed by atoms with Gasteiger partial charge in [0, 0.05) is 42.3 Å². The Morgan fingerprint density at radius 2 is 0.891 bits per heavy atom. The molecule has 0 atom stereocenters. The van der Waals surface area contributed by atoms with E-state index in [1.165, 1.54) is 42.5 Å². The van der Waals surface area contributed by atoms with Crippen molar-refractivity contribution < 1.29 is 33.8 Å². The molecule has 0 saturated carbocycles. The van der Waals surface area contributed by atoms with Crippen molar-refractivity contribution in [3.05, 3.63) is 152 Å². The van der Waals surface area contributed by atoms with Gasteiger partial charge in [-0.3, -0.25) is 0 Å². The van der Waals surface area contributed by atoms with Gasteiger partial charge in [0.05, 0.1) is 5.56 Å². The molecule has 8 N–H and O–H groups in total. The van der Waals surface area contributed by atoms with Crippen molar-refractivity contribution in [3.8, 4) is 56.0 Å². The molecule has 55 heavy (non-hydrogen) atoms. The Morgan fingerprint density at radius 1 is 0.527 bits per heavy atom. The van der Waals surface area contributed by atoms with Crippen LogP contribution in [0, 0.1) is 6.92 Å². The SMILES string of the molecule is Cc1cc(C(N)=NO)c(-c2cc(Cl)cc(Cl)c2)c(-c2ccc(O)cc2)c1.NC(=NO)c1cc(C(F)(F)F)cc(-c2ccc(O)cc2)c1-c1cc(Cl)cc(Cl)c1. The van der Waals surface area contributed by atoms with Gasteiger partial charge in [-0.15, -0.1) is 0 Å².